The van der Waals surface area contributed by atoms with Gasteiger partial charge in [0.25, 0.3) is 11.5 Å². The molecule has 3 heterocycles. The number of likely N-dealkylation sites (N-methyl/N-ethyl adjacent to an activating group) is 1. The number of amides is 1. The Morgan fingerprint density at radius 1 is 0.978 bits per heavy atom. The highest BCUT2D eigenvalue weighted by atomic mass is 35.5. The molecule has 11 heteroatoms. The van der Waals surface area contributed by atoms with E-state index in [1.54, 1.807) is 54.0 Å². The fraction of sp³-hybridized carbons (Fsp3) is 0.257. The molecule has 9 nitrogen and oxygen atoms in total. The molecule has 0 N–H and O–H groups in total. The van der Waals surface area contributed by atoms with Crippen LogP contribution in [0.15, 0.2) is 99.9 Å². The van der Waals surface area contributed by atoms with Crippen molar-refractivity contribution in [3.8, 4) is 5.75 Å². The summed E-state index contributed by atoms with van der Waals surface area (Å²) < 4.78 is 13.5. The molecule has 2 aliphatic heterocycles. The molecule has 236 valence electrons. The van der Waals surface area contributed by atoms with E-state index in [0.29, 0.717) is 50.0 Å². The van der Waals surface area contributed by atoms with E-state index in [9.17, 15) is 14.4 Å². The second-order valence-electron chi connectivity index (χ2n) is 11.2. The van der Waals surface area contributed by atoms with Gasteiger partial charge in [0.2, 0.25) is 0 Å². The number of hydrogen-bond acceptors (Lipinski definition) is 8. The maximum atomic E-state index is 13.9. The van der Waals surface area contributed by atoms with Gasteiger partial charge in [-0.3, -0.25) is 14.2 Å². The van der Waals surface area contributed by atoms with Gasteiger partial charge in [-0.2, -0.15) is 0 Å². The lowest BCUT2D eigenvalue weighted by atomic mass is 9.96. The minimum absolute atomic E-state index is 0.0260. The monoisotopic (exact) mass is 656 g/mol. The van der Waals surface area contributed by atoms with Crippen molar-refractivity contribution in [1.82, 2.24) is 14.4 Å². The van der Waals surface area contributed by atoms with Crippen LogP contribution in [0.2, 0.25) is 5.02 Å². The molecule has 3 aromatic carbocycles. The summed E-state index contributed by atoms with van der Waals surface area (Å²) in [6, 6.07) is 23.0. The Bertz CT molecular complexity index is 1940. The Morgan fingerprint density at radius 3 is 2.37 bits per heavy atom. The Labute approximate surface area is 275 Å². The van der Waals surface area contributed by atoms with Crippen LogP contribution in [0.1, 0.15) is 29.7 Å². The van der Waals surface area contributed by atoms with Crippen LogP contribution in [0, 0.1) is 0 Å². The predicted molar refractivity (Wildman–Crippen MR) is 177 cm³/mol. The summed E-state index contributed by atoms with van der Waals surface area (Å²) in [4.78, 5) is 49.2. The fourth-order valence-corrected chi connectivity index (χ4v) is 6.62. The molecular formula is C35H33ClN4O5S. The van der Waals surface area contributed by atoms with Gasteiger partial charge in [0, 0.05) is 31.2 Å². The average molecular weight is 657 g/mol. The van der Waals surface area contributed by atoms with Gasteiger partial charge in [-0.05, 0) is 61.0 Å². The Morgan fingerprint density at radius 2 is 1.67 bits per heavy atom. The minimum atomic E-state index is -0.743. The van der Waals surface area contributed by atoms with Gasteiger partial charge in [0.05, 0.1) is 21.8 Å². The summed E-state index contributed by atoms with van der Waals surface area (Å²) in [5, 5.41) is 0.543. The summed E-state index contributed by atoms with van der Waals surface area (Å²) >= 11 is 7.44. The summed E-state index contributed by atoms with van der Waals surface area (Å²) in [6.45, 7) is 4.93. The number of allylic oxidation sites excluding steroid dienone is 1. The normalized spacial score (nSPS) is 17.0. The van der Waals surface area contributed by atoms with Crippen molar-refractivity contribution in [2.45, 2.75) is 19.6 Å². The molecular weight excluding hydrogens is 624 g/mol. The van der Waals surface area contributed by atoms with Crippen molar-refractivity contribution in [3.05, 3.63) is 132 Å². The Kier molecular flexibility index (Phi) is 9.48. The maximum absolute atomic E-state index is 13.9. The third-order valence-corrected chi connectivity index (χ3v) is 9.27. The maximum Gasteiger partial charge on any atom is 0.338 e. The third kappa shape index (κ3) is 6.99. The topological polar surface area (TPSA) is 93.4 Å². The number of fused-ring (bicyclic) bond motifs is 1. The third-order valence-electron chi connectivity index (χ3n) is 8.04. The SMILES string of the molecule is CC1=C(C(=O)OCc2ccccc2)C(c2ccc(Cl)cc2)n2c(s/c(=C\c3ccc(OCC(=O)N4CCN(C)CC4)cc3)c2=O)=N1. The smallest absolute Gasteiger partial charge is 0.338 e. The van der Waals surface area contributed by atoms with E-state index < -0.39 is 12.0 Å². The van der Waals surface area contributed by atoms with Crippen LogP contribution < -0.4 is 19.6 Å². The number of ether oxygens (including phenoxy) is 2. The molecule has 4 aromatic rings. The van der Waals surface area contributed by atoms with Crippen molar-refractivity contribution in [3.63, 3.8) is 0 Å². The predicted octanol–water partition coefficient (Wildman–Crippen LogP) is 3.78. The summed E-state index contributed by atoms with van der Waals surface area (Å²) in [6.07, 6.45) is 1.79. The molecule has 6 rings (SSSR count). The van der Waals surface area contributed by atoms with Gasteiger partial charge >= 0.3 is 5.97 Å². The average Bonchev–Trinajstić information content (AvgIpc) is 3.37. The van der Waals surface area contributed by atoms with Gasteiger partial charge < -0.3 is 19.3 Å². The molecule has 1 aromatic heterocycles. The molecule has 1 fully saturated rings. The van der Waals surface area contributed by atoms with Crippen molar-refractivity contribution in [1.29, 1.82) is 0 Å². The minimum Gasteiger partial charge on any atom is -0.484 e. The van der Waals surface area contributed by atoms with E-state index in [1.807, 2.05) is 54.4 Å². The Hall–Kier alpha value is -4.51. The number of carbonyl (C=O) groups is 2. The first-order valence-corrected chi connectivity index (χ1v) is 16.1. The molecule has 0 radical (unpaired) electrons. The second-order valence-corrected chi connectivity index (χ2v) is 12.7. The molecule has 0 aliphatic carbocycles. The van der Waals surface area contributed by atoms with Gasteiger partial charge in [-0.15, -0.1) is 0 Å². The summed E-state index contributed by atoms with van der Waals surface area (Å²) in [5.41, 5.74) is 2.86. The molecule has 0 spiro atoms. The van der Waals surface area contributed by atoms with Gasteiger partial charge in [-0.1, -0.05) is 77.5 Å². The lowest BCUT2D eigenvalue weighted by Crippen LogP contribution is -2.48. The number of esters is 1. The van der Waals surface area contributed by atoms with Crippen LogP contribution >= 0.6 is 22.9 Å². The van der Waals surface area contributed by atoms with Crippen LogP contribution in [0.25, 0.3) is 6.08 Å². The van der Waals surface area contributed by atoms with Crippen molar-refractivity contribution in [2.24, 2.45) is 4.99 Å². The highest BCUT2D eigenvalue weighted by Gasteiger charge is 2.33. The lowest BCUT2D eigenvalue weighted by molar-refractivity contribution is -0.141. The van der Waals surface area contributed by atoms with Crippen molar-refractivity contribution >= 4 is 40.9 Å². The number of nitrogens with zero attached hydrogens (tertiary/aromatic N) is 4. The van der Waals surface area contributed by atoms with E-state index >= 15 is 0 Å². The number of benzene rings is 3. The van der Waals surface area contributed by atoms with Crippen LogP contribution in [0.3, 0.4) is 0 Å². The van der Waals surface area contributed by atoms with E-state index in [1.165, 1.54) is 11.3 Å². The zero-order valence-electron chi connectivity index (χ0n) is 25.5. The molecule has 1 unspecified atom stereocenters. The van der Waals surface area contributed by atoms with Crippen LogP contribution in [-0.2, 0) is 20.9 Å². The van der Waals surface area contributed by atoms with Gasteiger partial charge in [0.1, 0.15) is 12.4 Å². The van der Waals surface area contributed by atoms with Crippen molar-refractivity contribution < 1.29 is 19.1 Å². The zero-order chi connectivity index (χ0) is 32.2. The number of aromatic nitrogens is 1. The molecule has 0 bridgehead atoms. The first kappa shape index (κ1) is 31.5. The number of piperazine rings is 1. The number of hydrogen-bond donors (Lipinski definition) is 0. The van der Waals surface area contributed by atoms with Gasteiger partial charge in [-0.25, -0.2) is 9.79 Å². The number of rotatable bonds is 8. The van der Waals surface area contributed by atoms with Crippen LogP contribution in [0.5, 0.6) is 5.75 Å². The van der Waals surface area contributed by atoms with Crippen LogP contribution in [0.4, 0.5) is 0 Å². The quantitative estimate of drug-likeness (QED) is 0.268. The second kappa shape index (κ2) is 13.9. The molecule has 1 amide bonds. The highest BCUT2D eigenvalue weighted by Crippen LogP contribution is 2.31. The largest absolute Gasteiger partial charge is 0.484 e. The number of halogens is 1. The number of carbonyl (C=O) groups excluding carboxylic acids is 2. The summed E-state index contributed by atoms with van der Waals surface area (Å²) in [5.74, 6) is -0.00808. The van der Waals surface area contributed by atoms with Gasteiger partial charge in [0.15, 0.2) is 11.4 Å². The molecule has 1 saturated heterocycles. The number of thiazole rings is 1. The molecule has 46 heavy (non-hydrogen) atoms. The van der Waals surface area contributed by atoms with Crippen LogP contribution in [-0.4, -0.2) is 66.1 Å². The summed E-state index contributed by atoms with van der Waals surface area (Å²) in [7, 11) is 2.04. The molecule has 2 aliphatic rings. The zero-order valence-corrected chi connectivity index (χ0v) is 27.1. The first-order chi connectivity index (χ1) is 22.3. The molecule has 0 saturated carbocycles. The van der Waals surface area contributed by atoms with E-state index in [4.69, 9.17) is 21.1 Å². The standard InChI is InChI=1S/C35H33ClN4O5S/c1-23-31(34(43)45-21-25-6-4-3-5-7-25)32(26-10-12-27(36)13-11-26)40-33(42)29(46-35(40)37-23)20-24-8-14-28(15-9-24)44-22-30(41)39-18-16-38(2)17-19-39/h3-15,20,32H,16-19,21-22H2,1-2H3/b29-20-. The van der Waals surface area contributed by atoms with Crippen molar-refractivity contribution in [2.75, 3.05) is 39.8 Å². The van der Waals surface area contributed by atoms with E-state index in [2.05, 4.69) is 9.89 Å². The first-order valence-electron chi connectivity index (χ1n) is 14.9. The molecule has 1 atom stereocenters. The lowest BCUT2D eigenvalue weighted by Gasteiger charge is -2.32. The van der Waals surface area contributed by atoms with E-state index in [-0.39, 0.29) is 24.7 Å². The fourth-order valence-electron chi connectivity index (χ4n) is 5.45. The Balaban J connectivity index is 1.25. The van der Waals surface area contributed by atoms with E-state index in [0.717, 1.165) is 24.2 Å². The highest BCUT2D eigenvalue weighted by molar-refractivity contribution is 7.07.